The van der Waals surface area contributed by atoms with Gasteiger partial charge in [-0.25, -0.2) is 17.6 Å². The second kappa shape index (κ2) is 11.8. The second-order valence-electron chi connectivity index (χ2n) is 9.28. The van der Waals surface area contributed by atoms with Crippen LogP contribution >= 0.6 is 0 Å². The first-order valence-electron chi connectivity index (χ1n) is 12.5. The third kappa shape index (κ3) is 5.97. The number of benzene rings is 3. The number of hydrogen-bond donors (Lipinski definition) is 0. The lowest BCUT2D eigenvalue weighted by molar-refractivity contribution is 0.278. The Labute approximate surface area is 213 Å². The Morgan fingerprint density at radius 2 is 1.68 bits per heavy atom. The SMILES string of the molecule is CCCCOc1ccc(COc2ccc(C3=CCC(c4ccc(C)c(F)c4F)CC3)c(F)c2)c(F)c1F. The van der Waals surface area contributed by atoms with E-state index in [4.69, 9.17) is 9.47 Å². The third-order valence-corrected chi connectivity index (χ3v) is 6.72. The number of rotatable bonds is 9. The molecule has 3 aromatic rings. The van der Waals surface area contributed by atoms with Gasteiger partial charge in [-0.1, -0.05) is 31.6 Å². The molecule has 2 nitrogen and oxygen atoms in total. The molecule has 3 aromatic carbocycles. The summed E-state index contributed by atoms with van der Waals surface area (Å²) in [5, 5.41) is 0. The van der Waals surface area contributed by atoms with Crippen molar-refractivity contribution in [3.05, 3.63) is 99.9 Å². The molecule has 0 aromatic heterocycles. The maximum Gasteiger partial charge on any atom is 0.201 e. The first-order valence-corrected chi connectivity index (χ1v) is 12.5. The van der Waals surface area contributed by atoms with Crippen LogP contribution in [0.5, 0.6) is 11.5 Å². The van der Waals surface area contributed by atoms with E-state index in [1.807, 2.05) is 13.0 Å². The maximum atomic E-state index is 14.9. The van der Waals surface area contributed by atoms with Crippen molar-refractivity contribution >= 4 is 5.57 Å². The zero-order valence-corrected chi connectivity index (χ0v) is 20.9. The Morgan fingerprint density at radius 1 is 0.865 bits per heavy atom. The number of hydrogen-bond acceptors (Lipinski definition) is 2. The summed E-state index contributed by atoms with van der Waals surface area (Å²) < 4.78 is 82.7. The van der Waals surface area contributed by atoms with E-state index in [1.165, 1.54) is 25.1 Å². The van der Waals surface area contributed by atoms with Gasteiger partial charge >= 0.3 is 0 Å². The summed E-state index contributed by atoms with van der Waals surface area (Å²) in [7, 11) is 0. The first-order chi connectivity index (χ1) is 17.8. The summed E-state index contributed by atoms with van der Waals surface area (Å²) in [5.74, 6) is -4.44. The molecule has 0 N–H and O–H groups in total. The molecule has 1 unspecified atom stereocenters. The summed E-state index contributed by atoms with van der Waals surface area (Å²) in [6.07, 6.45) is 5.00. The normalized spacial score (nSPS) is 15.4. The summed E-state index contributed by atoms with van der Waals surface area (Å²) in [6, 6.07) is 10.3. The highest BCUT2D eigenvalue weighted by Gasteiger charge is 2.23. The Bertz CT molecular complexity index is 1300. The van der Waals surface area contributed by atoms with E-state index in [-0.39, 0.29) is 35.2 Å². The van der Waals surface area contributed by atoms with Gasteiger partial charge in [0.15, 0.2) is 23.2 Å². The minimum Gasteiger partial charge on any atom is -0.490 e. The Morgan fingerprint density at radius 3 is 2.38 bits per heavy atom. The van der Waals surface area contributed by atoms with E-state index < -0.39 is 29.1 Å². The smallest absolute Gasteiger partial charge is 0.201 e. The summed E-state index contributed by atoms with van der Waals surface area (Å²) in [6.45, 7) is 3.51. The minimum absolute atomic E-state index is 0.00867. The van der Waals surface area contributed by atoms with Crippen molar-refractivity contribution in [3.8, 4) is 11.5 Å². The lowest BCUT2D eigenvalue weighted by Crippen LogP contribution is -2.08. The maximum absolute atomic E-state index is 14.9. The molecule has 1 aliphatic rings. The van der Waals surface area contributed by atoms with E-state index in [0.29, 0.717) is 37.0 Å². The van der Waals surface area contributed by atoms with Gasteiger partial charge in [-0.05, 0) is 79.5 Å². The van der Waals surface area contributed by atoms with Crippen molar-refractivity contribution in [1.82, 2.24) is 0 Å². The van der Waals surface area contributed by atoms with Crippen LogP contribution in [-0.2, 0) is 6.61 Å². The van der Waals surface area contributed by atoms with Crippen molar-refractivity contribution in [2.24, 2.45) is 0 Å². The first kappa shape index (κ1) is 26.7. The van der Waals surface area contributed by atoms with Gasteiger partial charge in [-0.3, -0.25) is 0 Å². The Hall–Kier alpha value is -3.35. The molecule has 4 rings (SSSR count). The standard InChI is InChI=1S/C30H29F5O2/c1-3-4-15-36-26-14-10-21(28(33)30(26)35)17-37-22-11-13-23(25(31)16-22)19-6-8-20(9-7-19)24-12-5-18(2)27(32)29(24)34/h5-6,10-14,16,20H,3-4,7-9,15,17H2,1-2H3. The average molecular weight is 517 g/mol. The quantitative estimate of drug-likeness (QED) is 0.209. The predicted octanol–water partition coefficient (Wildman–Crippen LogP) is 8.80. The molecule has 196 valence electrons. The molecule has 0 spiro atoms. The van der Waals surface area contributed by atoms with Crippen LogP contribution in [0.4, 0.5) is 22.0 Å². The summed E-state index contributed by atoms with van der Waals surface area (Å²) >= 11 is 0. The fourth-order valence-electron chi connectivity index (χ4n) is 4.47. The van der Waals surface area contributed by atoms with Gasteiger partial charge in [0.2, 0.25) is 5.82 Å². The van der Waals surface area contributed by atoms with Crippen LogP contribution < -0.4 is 9.47 Å². The van der Waals surface area contributed by atoms with Crippen LogP contribution in [0.15, 0.2) is 48.5 Å². The van der Waals surface area contributed by atoms with Gasteiger partial charge in [0, 0.05) is 17.2 Å². The molecule has 0 heterocycles. The van der Waals surface area contributed by atoms with Gasteiger partial charge in [0.05, 0.1) is 6.61 Å². The van der Waals surface area contributed by atoms with E-state index in [9.17, 15) is 22.0 Å². The van der Waals surface area contributed by atoms with Crippen LogP contribution in [0.1, 0.15) is 67.2 Å². The van der Waals surface area contributed by atoms with E-state index in [1.54, 1.807) is 24.3 Å². The molecule has 0 bridgehead atoms. The van der Waals surface area contributed by atoms with Gasteiger partial charge in [0.25, 0.3) is 0 Å². The summed E-state index contributed by atoms with van der Waals surface area (Å²) in [4.78, 5) is 0. The molecular formula is C30H29F5O2. The molecule has 0 saturated carbocycles. The molecule has 1 atom stereocenters. The van der Waals surface area contributed by atoms with Gasteiger partial charge in [0.1, 0.15) is 18.2 Å². The molecule has 0 radical (unpaired) electrons. The monoisotopic (exact) mass is 516 g/mol. The second-order valence-corrected chi connectivity index (χ2v) is 9.28. The molecule has 0 amide bonds. The molecule has 7 heteroatoms. The van der Waals surface area contributed by atoms with Crippen molar-refractivity contribution < 1.29 is 31.4 Å². The highest BCUT2D eigenvalue weighted by Crippen LogP contribution is 2.39. The highest BCUT2D eigenvalue weighted by atomic mass is 19.2. The topological polar surface area (TPSA) is 18.5 Å². The van der Waals surface area contributed by atoms with Crippen LogP contribution in [-0.4, -0.2) is 6.61 Å². The molecule has 0 aliphatic heterocycles. The lowest BCUT2D eigenvalue weighted by atomic mass is 9.82. The van der Waals surface area contributed by atoms with Gasteiger partial charge in [-0.2, -0.15) is 4.39 Å². The Kier molecular flexibility index (Phi) is 8.52. The number of halogens is 5. The summed E-state index contributed by atoms with van der Waals surface area (Å²) in [5.41, 5.74) is 1.77. The molecule has 37 heavy (non-hydrogen) atoms. The molecule has 0 fully saturated rings. The van der Waals surface area contributed by atoms with Crippen molar-refractivity contribution in [3.63, 3.8) is 0 Å². The highest BCUT2D eigenvalue weighted by molar-refractivity contribution is 5.67. The van der Waals surface area contributed by atoms with Crippen LogP contribution in [0, 0.1) is 36.0 Å². The molecular weight excluding hydrogens is 487 g/mol. The van der Waals surface area contributed by atoms with Gasteiger partial charge < -0.3 is 9.47 Å². The van der Waals surface area contributed by atoms with Crippen LogP contribution in [0.3, 0.4) is 0 Å². The average Bonchev–Trinajstić information content (AvgIpc) is 2.90. The van der Waals surface area contributed by atoms with E-state index >= 15 is 0 Å². The number of ether oxygens (including phenoxy) is 2. The number of allylic oxidation sites excluding steroid dienone is 2. The predicted molar refractivity (Wildman–Crippen MR) is 133 cm³/mol. The van der Waals surface area contributed by atoms with Gasteiger partial charge in [-0.15, -0.1) is 0 Å². The van der Waals surface area contributed by atoms with Crippen molar-refractivity contribution in [1.29, 1.82) is 0 Å². The largest absolute Gasteiger partial charge is 0.490 e. The molecule has 1 aliphatic carbocycles. The zero-order chi connectivity index (χ0) is 26.5. The number of unbranched alkanes of at least 4 members (excludes halogenated alkanes) is 1. The lowest BCUT2D eigenvalue weighted by Gasteiger charge is -2.23. The fraction of sp³-hybridized carbons (Fsp3) is 0.333. The Balaban J connectivity index is 1.40. The van der Waals surface area contributed by atoms with E-state index in [0.717, 1.165) is 18.4 Å². The number of aryl methyl sites for hydroxylation is 1. The zero-order valence-electron chi connectivity index (χ0n) is 20.9. The fourth-order valence-corrected chi connectivity index (χ4v) is 4.47. The van der Waals surface area contributed by atoms with Crippen molar-refractivity contribution in [2.75, 3.05) is 6.61 Å². The molecule has 0 saturated heterocycles. The van der Waals surface area contributed by atoms with Crippen LogP contribution in [0.25, 0.3) is 5.57 Å². The third-order valence-electron chi connectivity index (χ3n) is 6.72. The van der Waals surface area contributed by atoms with Crippen LogP contribution in [0.2, 0.25) is 0 Å². The van der Waals surface area contributed by atoms with Crippen molar-refractivity contribution in [2.45, 2.75) is 58.5 Å². The van der Waals surface area contributed by atoms with E-state index in [2.05, 4.69) is 0 Å². The minimum atomic E-state index is -1.07.